The molecule has 2 aliphatic rings. The zero-order valence-electron chi connectivity index (χ0n) is 24.8. The highest BCUT2D eigenvalue weighted by Gasteiger charge is 2.51. The van der Waals surface area contributed by atoms with E-state index < -0.39 is 79.0 Å². The number of hydrogen-bond donors (Lipinski definition) is 7. The number of phenolic OH excluding ortho intramolecular Hbond substituents is 1. The Morgan fingerprint density at radius 1 is 0.800 bits per heavy atom. The molecule has 3 heterocycles. The third-order valence-corrected chi connectivity index (χ3v) is 8.13. The molecule has 2 aliphatic heterocycles. The normalized spacial score (nSPS) is 32.0. The number of ether oxygens (including phenoxy) is 6. The van der Waals surface area contributed by atoms with Gasteiger partial charge in [-0.25, -0.2) is 0 Å². The van der Waals surface area contributed by atoms with Crippen molar-refractivity contribution in [2.24, 2.45) is 0 Å². The Morgan fingerprint density at radius 3 is 2.13 bits per heavy atom. The van der Waals surface area contributed by atoms with Crippen LogP contribution in [0.4, 0.5) is 0 Å². The van der Waals surface area contributed by atoms with E-state index in [-0.39, 0.29) is 28.0 Å². The molecule has 2 fully saturated rings. The molecule has 2 aromatic carbocycles. The largest absolute Gasteiger partial charge is 0.506 e. The quantitative estimate of drug-likeness (QED) is 0.166. The summed E-state index contributed by atoms with van der Waals surface area (Å²) in [6.45, 7) is 0.672. The van der Waals surface area contributed by atoms with Gasteiger partial charge in [0.15, 0.2) is 23.2 Å². The zero-order chi connectivity index (χ0) is 32.7. The highest BCUT2D eigenvalue weighted by atomic mass is 16.7. The predicted molar refractivity (Wildman–Crippen MR) is 153 cm³/mol. The first-order valence-electron chi connectivity index (χ1n) is 14.0. The Hall–Kier alpha value is -3.51. The molecule has 45 heavy (non-hydrogen) atoms. The second-order valence-electron chi connectivity index (χ2n) is 10.8. The topological polar surface area (TPSA) is 227 Å². The molecule has 0 saturated carbocycles. The van der Waals surface area contributed by atoms with E-state index in [9.17, 15) is 40.5 Å². The van der Waals surface area contributed by atoms with Crippen molar-refractivity contribution in [3.05, 3.63) is 46.1 Å². The van der Waals surface area contributed by atoms with Gasteiger partial charge >= 0.3 is 0 Å². The van der Waals surface area contributed by atoms with Gasteiger partial charge in [0.25, 0.3) is 0 Å². The van der Waals surface area contributed by atoms with Crippen LogP contribution in [0.3, 0.4) is 0 Å². The van der Waals surface area contributed by atoms with E-state index in [1.165, 1.54) is 34.3 Å². The maximum absolute atomic E-state index is 13.5. The molecule has 2 saturated heterocycles. The molecule has 0 aliphatic carbocycles. The van der Waals surface area contributed by atoms with Crippen LogP contribution in [0.15, 0.2) is 39.5 Å². The van der Waals surface area contributed by atoms with Gasteiger partial charge in [0, 0.05) is 17.7 Å². The second kappa shape index (κ2) is 13.1. The van der Waals surface area contributed by atoms with Crippen LogP contribution in [0, 0.1) is 0 Å². The smallest absolute Gasteiger partial charge is 0.197 e. The fraction of sp³-hybridized carbons (Fsp3) is 0.500. The van der Waals surface area contributed by atoms with Crippen molar-refractivity contribution in [1.82, 2.24) is 0 Å². The van der Waals surface area contributed by atoms with Gasteiger partial charge < -0.3 is 68.6 Å². The molecule has 0 radical (unpaired) electrons. The summed E-state index contributed by atoms with van der Waals surface area (Å²) in [6, 6.07) is 7.35. The molecule has 10 atom stereocenters. The molecule has 0 amide bonds. The highest BCUT2D eigenvalue weighted by Crippen LogP contribution is 2.46. The van der Waals surface area contributed by atoms with Crippen LogP contribution in [0.25, 0.3) is 22.3 Å². The van der Waals surface area contributed by atoms with Crippen LogP contribution >= 0.6 is 0 Å². The summed E-state index contributed by atoms with van der Waals surface area (Å²) in [5.74, 6) is 0.231. The van der Waals surface area contributed by atoms with Crippen LogP contribution < -0.4 is 19.6 Å². The summed E-state index contributed by atoms with van der Waals surface area (Å²) in [6.07, 6.45) is -15.6. The summed E-state index contributed by atoms with van der Waals surface area (Å²) >= 11 is 0. The third kappa shape index (κ3) is 5.82. The van der Waals surface area contributed by atoms with Crippen molar-refractivity contribution in [2.45, 2.75) is 68.1 Å². The minimum absolute atomic E-state index is 0.0741. The fourth-order valence-corrected chi connectivity index (χ4v) is 5.63. The van der Waals surface area contributed by atoms with Gasteiger partial charge in [0.05, 0.1) is 39.6 Å². The lowest BCUT2D eigenvalue weighted by Crippen LogP contribution is -2.61. The van der Waals surface area contributed by atoms with Crippen molar-refractivity contribution in [3.8, 4) is 34.3 Å². The lowest BCUT2D eigenvalue weighted by Gasteiger charge is -2.46. The standard InChI is InChI=1S/C30H36O15/c1-11-22(33)25(36)27(38)30(42-11)45-29-26(37)23(34)19(10-31)44-28(29)21-17(41-4)9-18-20(24(21)35)13(32)8-15(43-18)12-5-6-14(39-2)16(7-12)40-3/h5-9,11,19,22-23,25-31,33-38H,10H2,1-4H3/t11-,19+,22-,23+,25+,26-,27+,28-,29+,30-/m0/s1. The molecule has 3 aromatic rings. The summed E-state index contributed by atoms with van der Waals surface area (Å²) < 4.78 is 39.4. The Balaban J connectivity index is 1.61. The minimum Gasteiger partial charge on any atom is -0.506 e. The van der Waals surface area contributed by atoms with Gasteiger partial charge in [-0.05, 0) is 25.1 Å². The third-order valence-electron chi connectivity index (χ3n) is 8.13. The molecule has 0 spiro atoms. The number of aliphatic hydroxyl groups is 6. The first-order valence-corrected chi connectivity index (χ1v) is 14.0. The van der Waals surface area contributed by atoms with Gasteiger partial charge in [-0.15, -0.1) is 0 Å². The summed E-state index contributed by atoms with van der Waals surface area (Å²) in [7, 11) is 4.20. The van der Waals surface area contributed by atoms with Gasteiger partial charge in [-0.1, -0.05) is 0 Å². The van der Waals surface area contributed by atoms with Gasteiger partial charge in [-0.3, -0.25) is 4.79 Å². The number of fused-ring (bicyclic) bond motifs is 1. The predicted octanol–water partition coefficient (Wildman–Crippen LogP) is -0.442. The van der Waals surface area contributed by atoms with Crippen molar-refractivity contribution in [3.63, 3.8) is 0 Å². The number of phenols is 1. The van der Waals surface area contributed by atoms with Gasteiger partial charge in [-0.2, -0.15) is 0 Å². The van der Waals surface area contributed by atoms with Crippen LogP contribution in [0.1, 0.15) is 18.6 Å². The first-order chi connectivity index (χ1) is 21.4. The van der Waals surface area contributed by atoms with E-state index in [1.807, 2.05) is 0 Å². The Bertz CT molecular complexity index is 1570. The number of aliphatic hydroxyl groups excluding tert-OH is 6. The zero-order valence-corrected chi connectivity index (χ0v) is 24.8. The second-order valence-corrected chi connectivity index (χ2v) is 10.8. The average Bonchev–Trinajstić information content (AvgIpc) is 3.04. The molecule has 15 heteroatoms. The van der Waals surface area contributed by atoms with Crippen LogP contribution in [0.5, 0.6) is 23.0 Å². The molecule has 1 aromatic heterocycles. The van der Waals surface area contributed by atoms with E-state index in [0.717, 1.165) is 6.07 Å². The lowest BCUT2D eigenvalue weighted by atomic mass is 9.89. The molecule has 7 N–H and O–H groups in total. The van der Waals surface area contributed by atoms with Gasteiger partial charge in [0.1, 0.15) is 77.1 Å². The van der Waals surface area contributed by atoms with E-state index in [1.54, 1.807) is 18.2 Å². The van der Waals surface area contributed by atoms with Crippen molar-refractivity contribution in [1.29, 1.82) is 0 Å². The Morgan fingerprint density at radius 2 is 1.49 bits per heavy atom. The fourth-order valence-electron chi connectivity index (χ4n) is 5.63. The van der Waals surface area contributed by atoms with Crippen LogP contribution in [-0.2, 0) is 14.2 Å². The van der Waals surface area contributed by atoms with Crippen molar-refractivity contribution in [2.75, 3.05) is 27.9 Å². The van der Waals surface area contributed by atoms with Crippen LogP contribution in [0.2, 0.25) is 0 Å². The molecular formula is C30H36O15. The molecule has 15 nitrogen and oxygen atoms in total. The summed E-state index contributed by atoms with van der Waals surface area (Å²) in [5, 5.41) is 73.8. The number of methoxy groups -OCH3 is 3. The molecule has 5 rings (SSSR count). The maximum Gasteiger partial charge on any atom is 0.197 e. The SMILES string of the molecule is COc1ccc(-c2cc(=O)c3c(O)c([C@@H]4O[C@H](CO)[C@@H](O)[C@H](O)[C@H]4O[C@@H]4O[C@@H](C)[C@H](O)[C@@H](O)[C@H]4O)c(OC)cc3o2)cc1OC. The number of rotatable bonds is 8. The summed E-state index contributed by atoms with van der Waals surface area (Å²) in [5.41, 5.74) is -0.472. The Labute approximate surface area is 256 Å². The van der Waals surface area contributed by atoms with E-state index in [4.69, 9.17) is 32.8 Å². The highest BCUT2D eigenvalue weighted by molar-refractivity contribution is 5.88. The van der Waals surface area contributed by atoms with Gasteiger partial charge in [0.2, 0.25) is 0 Å². The first kappa shape index (κ1) is 32.9. The van der Waals surface area contributed by atoms with Crippen molar-refractivity contribution >= 4 is 11.0 Å². The average molecular weight is 637 g/mol. The molecule has 246 valence electrons. The monoisotopic (exact) mass is 636 g/mol. The number of benzene rings is 2. The maximum atomic E-state index is 13.5. The van der Waals surface area contributed by atoms with E-state index in [2.05, 4.69) is 0 Å². The molecule has 0 unspecified atom stereocenters. The summed E-state index contributed by atoms with van der Waals surface area (Å²) in [4.78, 5) is 13.5. The number of hydrogen-bond acceptors (Lipinski definition) is 15. The number of aromatic hydroxyl groups is 1. The van der Waals surface area contributed by atoms with E-state index >= 15 is 0 Å². The van der Waals surface area contributed by atoms with Crippen molar-refractivity contribution < 1.29 is 68.6 Å². The minimum atomic E-state index is -1.81. The van der Waals surface area contributed by atoms with Crippen LogP contribution in [-0.4, -0.2) is 119 Å². The molecular weight excluding hydrogens is 600 g/mol. The lowest BCUT2D eigenvalue weighted by molar-refractivity contribution is -0.338. The van der Waals surface area contributed by atoms with E-state index in [0.29, 0.717) is 17.1 Å². The Kier molecular flexibility index (Phi) is 9.55. The molecule has 0 bridgehead atoms.